The molecule has 0 aliphatic rings. The normalized spacial score (nSPS) is 12.1. The number of nitrogens with zero attached hydrogens (tertiary/aromatic N) is 1. The maximum atomic E-state index is 13.0. The van der Waals surface area contributed by atoms with E-state index >= 15 is 0 Å². The minimum absolute atomic E-state index is 0.0169. The lowest BCUT2D eigenvalue weighted by Gasteiger charge is -2.27. The lowest BCUT2D eigenvalue weighted by atomic mass is 10.1. The average Bonchev–Trinajstić information content (AvgIpc) is 3.20. The van der Waals surface area contributed by atoms with E-state index in [1.165, 1.54) is 6.92 Å². The highest BCUT2D eigenvalue weighted by Gasteiger charge is 2.29. The number of halogens is 1. The summed E-state index contributed by atoms with van der Waals surface area (Å²) in [6, 6.07) is 14.1. The molecule has 0 saturated carbocycles. The van der Waals surface area contributed by atoms with Gasteiger partial charge in [-0.15, -0.1) is 0 Å². The SMILES string of the molecule is CCC=CCC=CCC=CCC=CCC=CCC=CCCC(=O)NCCCN(CCNC(=O)C(C)(C)Oc1ccc(CCNC(=O)c2ccc(Cl)cc2)cc1)C(C)=O. The Kier molecular flexibility index (Phi) is 25.3. The summed E-state index contributed by atoms with van der Waals surface area (Å²) < 4.78 is 6.00. The van der Waals surface area contributed by atoms with Crippen LogP contribution in [0.4, 0.5) is 0 Å². The van der Waals surface area contributed by atoms with Crippen molar-refractivity contribution >= 4 is 35.2 Å². The van der Waals surface area contributed by atoms with Gasteiger partial charge in [0.2, 0.25) is 11.8 Å². The van der Waals surface area contributed by atoms with Crippen LogP contribution >= 0.6 is 11.6 Å². The van der Waals surface area contributed by atoms with Crippen molar-refractivity contribution in [3.05, 3.63) is 138 Å². The van der Waals surface area contributed by atoms with E-state index in [1.807, 2.05) is 18.2 Å². The van der Waals surface area contributed by atoms with E-state index < -0.39 is 5.60 Å². The first-order valence-corrected chi connectivity index (χ1v) is 20.9. The van der Waals surface area contributed by atoms with E-state index in [0.717, 1.165) is 44.1 Å². The van der Waals surface area contributed by atoms with Crippen LogP contribution in [0.25, 0.3) is 0 Å². The van der Waals surface area contributed by atoms with Crippen LogP contribution in [0.3, 0.4) is 0 Å². The summed E-state index contributed by atoms with van der Waals surface area (Å²) in [6.07, 6.45) is 34.0. The Labute approximate surface area is 352 Å². The van der Waals surface area contributed by atoms with E-state index in [2.05, 4.69) is 89.7 Å². The molecular weight excluding hydrogens is 748 g/mol. The Bertz CT molecular complexity index is 1690. The summed E-state index contributed by atoms with van der Waals surface area (Å²) in [5.41, 5.74) is 0.410. The van der Waals surface area contributed by atoms with Crippen molar-refractivity contribution in [1.82, 2.24) is 20.9 Å². The first-order chi connectivity index (χ1) is 28.0. The van der Waals surface area contributed by atoms with Gasteiger partial charge in [0.1, 0.15) is 5.75 Å². The Morgan fingerprint density at radius 3 is 1.78 bits per heavy atom. The van der Waals surface area contributed by atoms with Crippen LogP contribution in [0.5, 0.6) is 5.75 Å². The molecule has 3 N–H and O–H groups in total. The molecule has 2 aromatic carbocycles. The molecular formula is C48H65ClN4O5. The third kappa shape index (κ3) is 23.2. The largest absolute Gasteiger partial charge is 0.478 e. The molecule has 0 fully saturated rings. The topological polar surface area (TPSA) is 117 Å². The van der Waals surface area contributed by atoms with Crippen molar-refractivity contribution in [2.24, 2.45) is 0 Å². The van der Waals surface area contributed by atoms with Crippen LogP contribution in [0.2, 0.25) is 5.02 Å². The highest BCUT2D eigenvalue weighted by atomic mass is 35.5. The first-order valence-electron chi connectivity index (χ1n) is 20.5. The zero-order chi connectivity index (χ0) is 42.3. The Balaban J connectivity index is 1.55. The van der Waals surface area contributed by atoms with Gasteiger partial charge in [-0.25, -0.2) is 0 Å². The van der Waals surface area contributed by atoms with Crippen LogP contribution in [-0.2, 0) is 20.8 Å². The Morgan fingerprint density at radius 2 is 1.22 bits per heavy atom. The molecule has 9 nitrogen and oxygen atoms in total. The number of rotatable bonds is 28. The number of carbonyl (C=O) groups excluding carboxylic acids is 4. The molecule has 0 atom stereocenters. The summed E-state index contributed by atoms with van der Waals surface area (Å²) in [6.45, 7) is 9.04. The van der Waals surface area contributed by atoms with Gasteiger partial charge in [-0.3, -0.25) is 19.2 Å². The summed E-state index contributed by atoms with van der Waals surface area (Å²) in [7, 11) is 0. The van der Waals surface area contributed by atoms with Crippen molar-refractivity contribution in [3.8, 4) is 5.75 Å². The van der Waals surface area contributed by atoms with Gasteiger partial charge < -0.3 is 25.6 Å². The Hall–Kier alpha value is -5.15. The molecule has 0 aliphatic carbocycles. The van der Waals surface area contributed by atoms with Gasteiger partial charge in [0, 0.05) is 56.7 Å². The maximum Gasteiger partial charge on any atom is 0.263 e. The van der Waals surface area contributed by atoms with Crippen molar-refractivity contribution in [3.63, 3.8) is 0 Å². The maximum absolute atomic E-state index is 13.0. The van der Waals surface area contributed by atoms with Crippen molar-refractivity contribution in [2.45, 2.75) is 97.5 Å². The number of hydrogen-bond acceptors (Lipinski definition) is 5. The lowest BCUT2D eigenvalue weighted by molar-refractivity contribution is -0.135. The Morgan fingerprint density at radius 1 is 0.672 bits per heavy atom. The number of nitrogens with one attached hydrogen (secondary N) is 3. The molecule has 0 saturated heterocycles. The number of ether oxygens (including phenoxy) is 1. The van der Waals surface area contributed by atoms with E-state index in [0.29, 0.717) is 68.2 Å². The fraction of sp³-hybridized carbons (Fsp3) is 0.417. The highest BCUT2D eigenvalue weighted by Crippen LogP contribution is 2.20. The van der Waals surface area contributed by atoms with Crippen molar-refractivity contribution < 1.29 is 23.9 Å². The van der Waals surface area contributed by atoms with Gasteiger partial charge in [0.05, 0.1) is 0 Å². The van der Waals surface area contributed by atoms with E-state index in [4.69, 9.17) is 16.3 Å². The van der Waals surface area contributed by atoms with Gasteiger partial charge in [0.25, 0.3) is 11.8 Å². The van der Waals surface area contributed by atoms with Crippen LogP contribution in [0.15, 0.2) is 121 Å². The van der Waals surface area contributed by atoms with E-state index in [1.54, 1.807) is 55.1 Å². The first kappa shape index (κ1) is 49.0. The second kappa shape index (κ2) is 30.0. The van der Waals surface area contributed by atoms with Gasteiger partial charge >= 0.3 is 0 Å². The second-order valence-electron chi connectivity index (χ2n) is 14.2. The van der Waals surface area contributed by atoms with Gasteiger partial charge in [-0.2, -0.15) is 0 Å². The summed E-state index contributed by atoms with van der Waals surface area (Å²) in [5.74, 6) is -0.0402. The predicted molar refractivity (Wildman–Crippen MR) is 239 cm³/mol. The zero-order valence-electron chi connectivity index (χ0n) is 35.0. The summed E-state index contributed by atoms with van der Waals surface area (Å²) >= 11 is 5.89. The predicted octanol–water partition coefficient (Wildman–Crippen LogP) is 9.42. The smallest absolute Gasteiger partial charge is 0.263 e. The molecule has 10 heteroatoms. The summed E-state index contributed by atoms with van der Waals surface area (Å²) in [4.78, 5) is 51.5. The second-order valence-corrected chi connectivity index (χ2v) is 14.6. The highest BCUT2D eigenvalue weighted by molar-refractivity contribution is 6.30. The van der Waals surface area contributed by atoms with Crippen LogP contribution in [-0.4, -0.2) is 66.9 Å². The number of hydrogen-bond donors (Lipinski definition) is 3. The average molecular weight is 814 g/mol. The van der Waals surface area contributed by atoms with E-state index in [-0.39, 0.29) is 30.2 Å². The van der Waals surface area contributed by atoms with Crippen LogP contribution in [0, 0.1) is 0 Å². The van der Waals surface area contributed by atoms with Crippen LogP contribution in [0.1, 0.15) is 101 Å². The molecule has 2 aromatic rings. The summed E-state index contributed by atoms with van der Waals surface area (Å²) in [5, 5.41) is 9.28. The molecule has 58 heavy (non-hydrogen) atoms. The lowest BCUT2D eigenvalue weighted by Crippen LogP contribution is -2.48. The number of amides is 4. The van der Waals surface area contributed by atoms with Crippen molar-refractivity contribution in [1.29, 1.82) is 0 Å². The standard InChI is InChI=1S/C48H65ClN4O5/c1-5-6-7-8-9-10-11-12-13-14-15-16-17-18-19-20-21-22-23-25-45(55)50-35-24-38-53(40(2)54)39-37-52-47(57)48(3,4)58-44-32-26-41(27-33-44)34-36-51-46(56)42-28-30-43(49)31-29-42/h6-7,9-10,12-13,15-16,18-19,21-22,26-33H,5,8,11,14,17,20,23-25,34-39H2,1-4H3,(H,50,55)(H,51,56)(H,52,57). The molecule has 2 rings (SSSR count). The monoisotopic (exact) mass is 812 g/mol. The van der Waals surface area contributed by atoms with Gasteiger partial charge in [0.15, 0.2) is 5.60 Å². The quantitative estimate of drug-likeness (QED) is 0.0585. The molecule has 4 amide bonds. The number of benzene rings is 2. The zero-order valence-corrected chi connectivity index (χ0v) is 35.8. The number of carbonyl (C=O) groups is 4. The number of allylic oxidation sites excluding steroid dienone is 12. The third-order valence-electron chi connectivity index (χ3n) is 8.82. The molecule has 314 valence electrons. The fourth-order valence-electron chi connectivity index (χ4n) is 5.47. The molecule has 0 spiro atoms. The van der Waals surface area contributed by atoms with Crippen LogP contribution < -0.4 is 20.7 Å². The minimum atomic E-state index is -1.15. The van der Waals surface area contributed by atoms with E-state index in [9.17, 15) is 19.2 Å². The molecule has 0 bridgehead atoms. The molecule has 0 aromatic heterocycles. The molecule has 0 unspecified atom stereocenters. The minimum Gasteiger partial charge on any atom is -0.478 e. The molecule has 0 aliphatic heterocycles. The van der Waals surface area contributed by atoms with Gasteiger partial charge in [-0.05, 0) is 114 Å². The van der Waals surface area contributed by atoms with Gasteiger partial charge in [-0.1, -0.05) is 104 Å². The molecule has 0 heterocycles. The third-order valence-corrected chi connectivity index (χ3v) is 9.07. The molecule has 0 radical (unpaired) electrons. The van der Waals surface area contributed by atoms with Crippen molar-refractivity contribution in [2.75, 3.05) is 32.7 Å². The fourth-order valence-corrected chi connectivity index (χ4v) is 5.60.